The topological polar surface area (TPSA) is 69.4 Å². The SMILES string of the molecule is CCCCCCCC(CCC(=O)C1OC2CCC1CC2C(Br)CCC)[N+](=O)[O-]. The van der Waals surface area contributed by atoms with E-state index in [1.807, 2.05) is 0 Å². The van der Waals surface area contributed by atoms with Crippen molar-refractivity contribution in [2.45, 2.75) is 120 Å². The Kier molecular flexibility index (Phi) is 10.4. The van der Waals surface area contributed by atoms with Crippen molar-refractivity contribution in [2.24, 2.45) is 11.8 Å². The van der Waals surface area contributed by atoms with Gasteiger partial charge in [-0.2, -0.15) is 0 Å². The Morgan fingerprint density at radius 3 is 2.46 bits per heavy atom. The van der Waals surface area contributed by atoms with Gasteiger partial charge in [0.05, 0.1) is 6.10 Å². The van der Waals surface area contributed by atoms with Crippen LogP contribution in [-0.2, 0) is 9.53 Å². The highest BCUT2D eigenvalue weighted by molar-refractivity contribution is 9.09. The second kappa shape index (κ2) is 12.3. The van der Waals surface area contributed by atoms with E-state index >= 15 is 0 Å². The summed E-state index contributed by atoms with van der Waals surface area (Å²) in [7, 11) is 0. The molecule has 3 aliphatic rings. The molecule has 0 aromatic rings. The first-order chi connectivity index (χ1) is 13.5. The summed E-state index contributed by atoms with van der Waals surface area (Å²) in [6, 6.07) is -0.587. The number of nitrogens with zero attached hydrogens (tertiary/aromatic N) is 1. The van der Waals surface area contributed by atoms with Gasteiger partial charge in [0.25, 0.3) is 0 Å². The molecule has 0 radical (unpaired) electrons. The normalized spacial score (nSPS) is 28.8. The first-order valence-electron chi connectivity index (χ1n) is 11.4. The largest absolute Gasteiger partial charge is 0.367 e. The van der Waals surface area contributed by atoms with Crippen LogP contribution >= 0.6 is 15.9 Å². The molecule has 6 unspecified atom stereocenters. The molecule has 2 aliphatic heterocycles. The minimum atomic E-state index is -0.587. The maximum Gasteiger partial charge on any atom is 0.213 e. The third-order valence-electron chi connectivity index (χ3n) is 6.63. The van der Waals surface area contributed by atoms with Crippen molar-refractivity contribution in [1.82, 2.24) is 0 Å². The van der Waals surface area contributed by atoms with Gasteiger partial charge in [0.1, 0.15) is 6.10 Å². The molecule has 0 aromatic heterocycles. The molecule has 6 atom stereocenters. The third-order valence-corrected chi connectivity index (χ3v) is 7.77. The number of fused-ring (bicyclic) bond motifs is 3. The summed E-state index contributed by atoms with van der Waals surface area (Å²) < 4.78 is 6.20. The maximum absolute atomic E-state index is 12.8. The summed E-state index contributed by atoms with van der Waals surface area (Å²) in [6.45, 7) is 4.35. The van der Waals surface area contributed by atoms with E-state index < -0.39 is 6.04 Å². The lowest BCUT2D eigenvalue weighted by Crippen LogP contribution is -2.52. The molecule has 0 amide bonds. The van der Waals surface area contributed by atoms with Gasteiger partial charge >= 0.3 is 0 Å². The predicted octanol–water partition coefficient (Wildman–Crippen LogP) is 6.09. The molecule has 0 spiro atoms. The van der Waals surface area contributed by atoms with E-state index in [0.717, 1.165) is 51.4 Å². The molecule has 2 saturated heterocycles. The van der Waals surface area contributed by atoms with Crippen molar-refractivity contribution in [3.63, 3.8) is 0 Å². The second-order valence-electron chi connectivity index (χ2n) is 8.78. The van der Waals surface area contributed by atoms with E-state index in [4.69, 9.17) is 4.74 Å². The van der Waals surface area contributed by atoms with Crippen LogP contribution in [0.15, 0.2) is 0 Å². The molecule has 5 nitrogen and oxygen atoms in total. The van der Waals surface area contributed by atoms with E-state index in [2.05, 4.69) is 29.8 Å². The Bertz CT molecular complexity index is 501. The molecule has 3 rings (SSSR count). The zero-order valence-electron chi connectivity index (χ0n) is 17.6. The van der Waals surface area contributed by atoms with Crippen molar-refractivity contribution in [2.75, 3.05) is 0 Å². The Morgan fingerprint density at radius 1 is 1.11 bits per heavy atom. The summed E-state index contributed by atoms with van der Waals surface area (Å²) >= 11 is 3.82. The fraction of sp³-hybridized carbons (Fsp3) is 0.955. The van der Waals surface area contributed by atoms with Gasteiger partial charge < -0.3 is 4.74 Å². The summed E-state index contributed by atoms with van der Waals surface area (Å²) in [4.78, 5) is 24.4. The van der Waals surface area contributed by atoms with Crippen molar-refractivity contribution < 1.29 is 14.5 Å². The Balaban J connectivity index is 1.78. The average molecular weight is 460 g/mol. The molecule has 1 aliphatic carbocycles. The number of hydrogen-bond acceptors (Lipinski definition) is 4. The molecule has 0 N–H and O–H groups in total. The molecule has 2 heterocycles. The van der Waals surface area contributed by atoms with E-state index in [0.29, 0.717) is 29.5 Å². The quantitative estimate of drug-likeness (QED) is 0.136. The third kappa shape index (κ3) is 6.79. The summed E-state index contributed by atoms with van der Waals surface area (Å²) in [5.74, 6) is 0.882. The van der Waals surface area contributed by atoms with Crippen LogP contribution in [-0.4, -0.2) is 33.8 Å². The van der Waals surface area contributed by atoms with Crippen LogP contribution in [0.1, 0.15) is 97.3 Å². The molecule has 2 bridgehead atoms. The standard InChI is InChI=1S/C22H38BrNO4/c1-3-5-6-7-8-10-17(24(26)27)12-13-20(25)22-16-11-14-21(28-22)18(15-16)19(23)9-4-2/h16-19,21-22H,3-15H2,1-2H3. The average Bonchev–Trinajstić information content (AvgIpc) is 2.69. The number of unbranched alkanes of at least 4 members (excludes halogenated alkanes) is 4. The Morgan fingerprint density at radius 2 is 1.86 bits per heavy atom. The highest BCUT2D eigenvalue weighted by atomic mass is 79.9. The fourth-order valence-electron chi connectivity index (χ4n) is 4.95. The molecule has 162 valence electrons. The minimum Gasteiger partial charge on any atom is -0.367 e. The second-order valence-corrected chi connectivity index (χ2v) is 9.96. The Hall–Kier alpha value is -0.490. The van der Waals surface area contributed by atoms with Crippen LogP contribution in [0.2, 0.25) is 0 Å². The first kappa shape index (κ1) is 23.8. The highest BCUT2D eigenvalue weighted by Crippen LogP contribution is 2.45. The van der Waals surface area contributed by atoms with E-state index in [9.17, 15) is 14.9 Å². The number of carbonyl (C=O) groups excluding carboxylic acids is 1. The molecule has 0 aromatic carbocycles. The van der Waals surface area contributed by atoms with Crippen LogP contribution < -0.4 is 0 Å². The number of Topliss-reactive ketones (excluding diaryl/α,β-unsaturated/α-hetero) is 1. The van der Waals surface area contributed by atoms with Crippen LogP contribution in [0.3, 0.4) is 0 Å². The van der Waals surface area contributed by atoms with Crippen molar-refractivity contribution in [1.29, 1.82) is 0 Å². The van der Waals surface area contributed by atoms with Crippen molar-refractivity contribution in [3.05, 3.63) is 10.1 Å². The lowest BCUT2D eigenvalue weighted by Gasteiger charge is -2.48. The van der Waals surface area contributed by atoms with Gasteiger partial charge in [0, 0.05) is 29.0 Å². The first-order valence-corrected chi connectivity index (χ1v) is 12.3. The van der Waals surface area contributed by atoms with Gasteiger partial charge in [-0.05, 0) is 43.9 Å². The number of ether oxygens (including phenoxy) is 1. The molecular formula is C22H38BrNO4. The van der Waals surface area contributed by atoms with Gasteiger partial charge in [-0.15, -0.1) is 0 Å². The molecular weight excluding hydrogens is 422 g/mol. The zero-order valence-corrected chi connectivity index (χ0v) is 19.2. The van der Waals surface area contributed by atoms with Gasteiger partial charge in [-0.1, -0.05) is 61.9 Å². The molecule has 6 heteroatoms. The van der Waals surface area contributed by atoms with Crippen LogP contribution in [0.25, 0.3) is 0 Å². The van der Waals surface area contributed by atoms with Crippen LogP contribution in [0.5, 0.6) is 0 Å². The van der Waals surface area contributed by atoms with Gasteiger partial charge in [0.15, 0.2) is 5.78 Å². The number of carbonyl (C=O) groups is 1. The number of ketones is 1. The number of alkyl halides is 1. The van der Waals surface area contributed by atoms with Crippen LogP contribution in [0, 0.1) is 22.0 Å². The summed E-state index contributed by atoms with van der Waals surface area (Å²) in [5, 5.41) is 11.4. The minimum absolute atomic E-state index is 0.0904. The van der Waals surface area contributed by atoms with E-state index in [1.165, 1.54) is 12.8 Å². The van der Waals surface area contributed by atoms with E-state index in [-0.39, 0.29) is 29.3 Å². The summed E-state index contributed by atoms with van der Waals surface area (Å²) in [6.07, 6.45) is 11.9. The Labute approximate surface area is 178 Å². The summed E-state index contributed by atoms with van der Waals surface area (Å²) in [5.41, 5.74) is 0. The van der Waals surface area contributed by atoms with Crippen molar-refractivity contribution >= 4 is 21.7 Å². The zero-order chi connectivity index (χ0) is 20.5. The van der Waals surface area contributed by atoms with Gasteiger partial charge in [0.2, 0.25) is 6.04 Å². The number of rotatable bonds is 14. The monoisotopic (exact) mass is 459 g/mol. The van der Waals surface area contributed by atoms with Crippen molar-refractivity contribution in [3.8, 4) is 0 Å². The number of nitro groups is 1. The fourth-order valence-corrected chi connectivity index (χ4v) is 5.97. The smallest absolute Gasteiger partial charge is 0.213 e. The molecule has 1 saturated carbocycles. The number of halogens is 1. The van der Waals surface area contributed by atoms with E-state index in [1.54, 1.807) is 0 Å². The lowest BCUT2D eigenvalue weighted by molar-refractivity contribution is -0.524. The van der Waals surface area contributed by atoms with Gasteiger partial charge in [-0.3, -0.25) is 14.9 Å². The lowest BCUT2D eigenvalue weighted by atomic mass is 9.71. The van der Waals surface area contributed by atoms with Crippen LogP contribution in [0.4, 0.5) is 0 Å². The highest BCUT2D eigenvalue weighted by Gasteiger charge is 2.47. The molecule has 28 heavy (non-hydrogen) atoms. The maximum atomic E-state index is 12.8. The molecule has 3 fully saturated rings. The predicted molar refractivity (Wildman–Crippen MR) is 116 cm³/mol. The van der Waals surface area contributed by atoms with Gasteiger partial charge in [-0.25, -0.2) is 0 Å². The number of hydrogen-bond donors (Lipinski definition) is 0.